The van der Waals surface area contributed by atoms with Gasteiger partial charge in [-0.05, 0) is 29.8 Å². The van der Waals surface area contributed by atoms with Crippen LogP contribution in [0.25, 0.3) is 11.0 Å². The first kappa shape index (κ1) is 22.1. The molecule has 0 spiro atoms. The van der Waals surface area contributed by atoms with Crippen molar-refractivity contribution in [2.24, 2.45) is 0 Å². The summed E-state index contributed by atoms with van der Waals surface area (Å²) in [5, 5.41) is 11.1. The Morgan fingerprint density at radius 3 is 2.61 bits per heavy atom. The second-order valence-corrected chi connectivity index (χ2v) is 7.31. The van der Waals surface area contributed by atoms with Crippen LogP contribution in [-0.4, -0.2) is 52.1 Å². The summed E-state index contributed by atoms with van der Waals surface area (Å²) in [6, 6.07) is 19.2. The van der Waals surface area contributed by atoms with E-state index in [1.807, 2.05) is 54.6 Å². The highest BCUT2D eigenvalue weighted by Crippen LogP contribution is 2.28. The van der Waals surface area contributed by atoms with E-state index in [9.17, 15) is 9.59 Å². The monoisotopic (exact) mass is 444 g/mol. The lowest BCUT2D eigenvalue weighted by atomic mass is 10.0. The van der Waals surface area contributed by atoms with E-state index >= 15 is 0 Å². The molecule has 1 atom stereocenters. The molecule has 0 aliphatic heterocycles. The quantitative estimate of drug-likeness (QED) is 0.398. The van der Waals surface area contributed by atoms with E-state index in [-0.39, 0.29) is 18.4 Å². The highest BCUT2D eigenvalue weighted by molar-refractivity contribution is 6.01. The Morgan fingerprint density at radius 2 is 1.85 bits per heavy atom. The minimum Gasteiger partial charge on any atom is -0.383 e. The summed E-state index contributed by atoms with van der Waals surface area (Å²) in [6.45, 7) is 0.588. The van der Waals surface area contributed by atoms with Gasteiger partial charge in [0.05, 0.1) is 24.0 Å². The zero-order valence-corrected chi connectivity index (χ0v) is 18.2. The number of methoxy groups -OCH3 is 1. The smallest absolute Gasteiger partial charge is 0.249 e. The van der Waals surface area contributed by atoms with Gasteiger partial charge in [-0.3, -0.25) is 19.5 Å². The van der Waals surface area contributed by atoms with Crippen molar-refractivity contribution in [3.05, 3.63) is 84.7 Å². The van der Waals surface area contributed by atoms with E-state index in [1.54, 1.807) is 31.6 Å². The summed E-state index contributed by atoms with van der Waals surface area (Å²) < 4.78 is 6.59. The van der Waals surface area contributed by atoms with Crippen LogP contribution in [-0.2, 0) is 20.9 Å². The van der Waals surface area contributed by atoms with Crippen LogP contribution < -0.4 is 10.2 Å². The molecule has 9 heteroatoms. The van der Waals surface area contributed by atoms with Crippen LogP contribution in [0.5, 0.6) is 0 Å². The molecule has 0 saturated heterocycles. The predicted molar refractivity (Wildman–Crippen MR) is 123 cm³/mol. The van der Waals surface area contributed by atoms with Crippen molar-refractivity contribution >= 4 is 28.5 Å². The Balaban J connectivity index is 1.73. The van der Waals surface area contributed by atoms with Crippen molar-refractivity contribution in [2.45, 2.75) is 12.6 Å². The van der Waals surface area contributed by atoms with Crippen LogP contribution in [0.1, 0.15) is 11.6 Å². The largest absolute Gasteiger partial charge is 0.383 e. The zero-order valence-electron chi connectivity index (χ0n) is 18.2. The number of carbonyl (C=O) groups is 2. The summed E-state index contributed by atoms with van der Waals surface area (Å²) in [6.07, 6.45) is 3.18. The maximum Gasteiger partial charge on any atom is 0.249 e. The number of para-hydroxylation sites is 1. The fraction of sp³-hybridized carbons (Fsp3) is 0.208. The molecule has 1 N–H and O–H groups in total. The molecule has 4 rings (SSSR count). The lowest BCUT2D eigenvalue weighted by molar-refractivity contribution is -0.127. The molecule has 2 heterocycles. The van der Waals surface area contributed by atoms with E-state index in [4.69, 9.17) is 4.74 Å². The third-order valence-electron chi connectivity index (χ3n) is 5.13. The first-order chi connectivity index (χ1) is 16.2. The molecule has 0 unspecified atom stereocenters. The van der Waals surface area contributed by atoms with E-state index in [2.05, 4.69) is 20.6 Å². The van der Waals surface area contributed by atoms with Gasteiger partial charge in [0.1, 0.15) is 18.1 Å². The molecular weight excluding hydrogens is 420 g/mol. The van der Waals surface area contributed by atoms with E-state index in [0.717, 1.165) is 5.52 Å². The van der Waals surface area contributed by atoms with Gasteiger partial charge in [-0.2, -0.15) is 0 Å². The lowest BCUT2D eigenvalue weighted by Crippen LogP contribution is -2.46. The number of anilines is 1. The fourth-order valence-corrected chi connectivity index (χ4v) is 3.60. The number of amides is 2. The summed E-state index contributed by atoms with van der Waals surface area (Å²) >= 11 is 0. The molecule has 0 saturated carbocycles. The molecule has 2 aromatic heterocycles. The normalized spacial score (nSPS) is 11.8. The molecule has 0 aliphatic carbocycles. The second kappa shape index (κ2) is 10.5. The number of fused-ring (bicyclic) bond motifs is 1. The number of pyridine rings is 1. The molecule has 0 radical (unpaired) electrons. The Bertz CT molecular complexity index is 1210. The SMILES string of the molecule is COCCNC(=O)[C@@H](c1ccccc1)N(C(=O)Cn1nnc2ccccc21)c1cccnc1. The van der Waals surface area contributed by atoms with Crippen LogP contribution in [0.4, 0.5) is 5.69 Å². The molecule has 168 valence electrons. The number of ether oxygens (including phenoxy) is 1. The van der Waals surface area contributed by atoms with Gasteiger partial charge in [-0.15, -0.1) is 5.10 Å². The van der Waals surface area contributed by atoms with Crippen molar-refractivity contribution in [2.75, 3.05) is 25.2 Å². The van der Waals surface area contributed by atoms with E-state index < -0.39 is 6.04 Å². The number of carbonyl (C=O) groups excluding carboxylic acids is 2. The first-order valence-electron chi connectivity index (χ1n) is 10.5. The van der Waals surface area contributed by atoms with Gasteiger partial charge < -0.3 is 10.1 Å². The van der Waals surface area contributed by atoms with Gasteiger partial charge in [0.2, 0.25) is 11.8 Å². The molecule has 0 fully saturated rings. The minimum absolute atomic E-state index is 0.0932. The van der Waals surface area contributed by atoms with Gasteiger partial charge in [0.25, 0.3) is 0 Å². The number of hydrogen-bond donors (Lipinski definition) is 1. The second-order valence-electron chi connectivity index (χ2n) is 7.31. The zero-order chi connectivity index (χ0) is 23.0. The maximum atomic E-state index is 13.7. The van der Waals surface area contributed by atoms with Gasteiger partial charge in [-0.25, -0.2) is 4.68 Å². The van der Waals surface area contributed by atoms with Gasteiger partial charge in [-0.1, -0.05) is 47.7 Å². The van der Waals surface area contributed by atoms with Crippen molar-refractivity contribution in [1.29, 1.82) is 0 Å². The fourth-order valence-electron chi connectivity index (χ4n) is 3.60. The molecule has 0 aliphatic rings. The van der Waals surface area contributed by atoms with Crippen LogP contribution in [0.3, 0.4) is 0 Å². The van der Waals surface area contributed by atoms with E-state index in [1.165, 1.54) is 9.58 Å². The van der Waals surface area contributed by atoms with E-state index in [0.29, 0.717) is 29.9 Å². The molecule has 33 heavy (non-hydrogen) atoms. The van der Waals surface area contributed by atoms with Crippen molar-refractivity contribution < 1.29 is 14.3 Å². The lowest BCUT2D eigenvalue weighted by Gasteiger charge is -2.31. The summed E-state index contributed by atoms with van der Waals surface area (Å²) in [7, 11) is 1.56. The van der Waals surface area contributed by atoms with Crippen LogP contribution >= 0.6 is 0 Å². The third kappa shape index (κ3) is 5.04. The number of nitrogens with zero attached hydrogens (tertiary/aromatic N) is 5. The van der Waals surface area contributed by atoms with Crippen molar-refractivity contribution in [3.8, 4) is 0 Å². The number of aromatic nitrogens is 4. The summed E-state index contributed by atoms with van der Waals surface area (Å²) in [4.78, 5) is 32.7. The molecule has 2 amide bonds. The van der Waals surface area contributed by atoms with Gasteiger partial charge in [0, 0.05) is 19.9 Å². The van der Waals surface area contributed by atoms with Crippen LogP contribution in [0.15, 0.2) is 79.1 Å². The third-order valence-corrected chi connectivity index (χ3v) is 5.13. The van der Waals surface area contributed by atoms with Crippen LogP contribution in [0, 0.1) is 0 Å². The van der Waals surface area contributed by atoms with Crippen LogP contribution in [0.2, 0.25) is 0 Å². The topological polar surface area (TPSA) is 102 Å². The molecule has 9 nitrogen and oxygen atoms in total. The minimum atomic E-state index is -0.908. The van der Waals surface area contributed by atoms with Crippen molar-refractivity contribution in [3.63, 3.8) is 0 Å². The number of benzene rings is 2. The standard InChI is InChI=1S/C24H24N6O3/c1-33-15-14-26-24(32)23(18-8-3-2-4-9-18)30(19-10-7-13-25-16-19)22(31)17-29-21-12-6-5-11-20(21)27-28-29/h2-13,16,23H,14-15,17H2,1H3,(H,26,32)/t23-/m1/s1. The number of nitrogens with one attached hydrogen (secondary N) is 1. The Kier molecular flexibility index (Phi) is 7.01. The van der Waals surface area contributed by atoms with Crippen molar-refractivity contribution in [1.82, 2.24) is 25.3 Å². The average molecular weight is 444 g/mol. The Hall–Kier alpha value is -4.11. The first-order valence-corrected chi connectivity index (χ1v) is 10.5. The molecule has 4 aromatic rings. The molecule has 0 bridgehead atoms. The number of hydrogen-bond acceptors (Lipinski definition) is 6. The highest BCUT2D eigenvalue weighted by atomic mass is 16.5. The Labute approximate surface area is 191 Å². The Morgan fingerprint density at radius 1 is 1.06 bits per heavy atom. The van der Waals surface area contributed by atoms with Gasteiger partial charge >= 0.3 is 0 Å². The maximum absolute atomic E-state index is 13.7. The molecular formula is C24H24N6O3. The predicted octanol–water partition coefficient (Wildman–Crippen LogP) is 2.36. The number of rotatable bonds is 9. The molecule has 2 aromatic carbocycles. The van der Waals surface area contributed by atoms with Gasteiger partial charge in [0.15, 0.2) is 0 Å². The highest BCUT2D eigenvalue weighted by Gasteiger charge is 2.33. The summed E-state index contributed by atoms with van der Waals surface area (Å²) in [5.74, 6) is -0.645. The average Bonchev–Trinajstić information content (AvgIpc) is 3.26. The summed E-state index contributed by atoms with van der Waals surface area (Å²) in [5.41, 5.74) is 2.60.